The second-order valence-corrected chi connectivity index (χ2v) is 10.4. The number of hydrogen-bond acceptors (Lipinski definition) is 8. The SMILES string of the molecule is COc1cc2c(NC3CCN(Cc4ccccc4)CC3)nc(N3CCOCC3)nc2cc1OCc1ccccc1. The molecule has 0 saturated carbocycles. The Morgan fingerprint density at radius 1 is 0.850 bits per heavy atom. The van der Waals surface area contributed by atoms with Gasteiger partial charge in [0.2, 0.25) is 5.95 Å². The summed E-state index contributed by atoms with van der Waals surface area (Å²) in [7, 11) is 1.68. The Labute approximate surface area is 235 Å². The van der Waals surface area contributed by atoms with E-state index in [9.17, 15) is 0 Å². The molecule has 40 heavy (non-hydrogen) atoms. The molecule has 0 amide bonds. The van der Waals surface area contributed by atoms with Gasteiger partial charge in [0.05, 0.1) is 25.8 Å². The number of ether oxygens (including phenoxy) is 3. The van der Waals surface area contributed by atoms with E-state index in [4.69, 9.17) is 24.2 Å². The van der Waals surface area contributed by atoms with E-state index >= 15 is 0 Å². The summed E-state index contributed by atoms with van der Waals surface area (Å²) in [6.07, 6.45) is 2.11. The number of fused-ring (bicyclic) bond motifs is 1. The van der Waals surface area contributed by atoms with Gasteiger partial charge >= 0.3 is 0 Å². The normalized spacial score (nSPS) is 16.7. The summed E-state index contributed by atoms with van der Waals surface area (Å²) in [6, 6.07) is 25.2. The molecule has 2 saturated heterocycles. The van der Waals surface area contributed by atoms with Crippen molar-refractivity contribution in [1.82, 2.24) is 14.9 Å². The fourth-order valence-electron chi connectivity index (χ4n) is 5.42. The second-order valence-electron chi connectivity index (χ2n) is 10.4. The number of anilines is 2. The van der Waals surface area contributed by atoms with Crippen molar-refractivity contribution in [3.05, 3.63) is 83.9 Å². The number of hydrogen-bond donors (Lipinski definition) is 1. The van der Waals surface area contributed by atoms with Crippen LogP contribution in [0.1, 0.15) is 24.0 Å². The average Bonchev–Trinajstić information content (AvgIpc) is 3.02. The van der Waals surface area contributed by atoms with Gasteiger partial charge < -0.3 is 24.4 Å². The molecular formula is C32H37N5O3. The third-order valence-corrected chi connectivity index (χ3v) is 7.68. The van der Waals surface area contributed by atoms with Crippen LogP contribution >= 0.6 is 0 Å². The maximum absolute atomic E-state index is 6.21. The van der Waals surface area contributed by atoms with E-state index in [1.807, 2.05) is 30.3 Å². The number of likely N-dealkylation sites (tertiary alicyclic amines) is 1. The van der Waals surface area contributed by atoms with E-state index in [1.54, 1.807) is 7.11 Å². The fraction of sp³-hybridized carbons (Fsp3) is 0.375. The van der Waals surface area contributed by atoms with Crippen molar-refractivity contribution >= 4 is 22.7 Å². The molecule has 0 radical (unpaired) electrons. The summed E-state index contributed by atoms with van der Waals surface area (Å²) in [5.41, 5.74) is 3.30. The second kappa shape index (κ2) is 12.5. The fourth-order valence-corrected chi connectivity index (χ4v) is 5.42. The molecule has 0 aliphatic carbocycles. The summed E-state index contributed by atoms with van der Waals surface area (Å²) in [5, 5.41) is 4.72. The van der Waals surface area contributed by atoms with Crippen LogP contribution in [0.15, 0.2) is 72.8 Å². The van der Waals surface area contributed by atoms with Crippen LogP contribution < -0.4 is 19.7 Å². The minimum absolute atomic E-state index is 0.336. The zero-order valence-corrected chi connectivity index (χ0v) is 23.1. The Balaban J connectivity index is 1.24. The number of piperidine rings is 1. The lowest BCUT2D eigenvalue weighted by molar-refractivity contribution is 0.122. The van der Waals surface area contributed by atoms with Gasteiger partial charge in [0.1, 0.15) is 12.4 Å². The first kappa shape index (κ1) is 26.3. The van der Waals surface area contributed by atoms with Gasteiger partial charge in [-0.1, -0.05) is 60.7 Å². The lowest BCUT2D eigenvalue weighted by Crippen LogP contribution is -2.39. The first-order chi connectivity index (χ1) is 19.7. The van der Waals surface area contributed by atoms with Crippen molar-refractivity contribution < 1.29 is 14.2 Å². The molecule has 2 aliphatic heterocycles. The van der Waals surface area contributed by atoms with Crippen LogP contribution in [0.25, 0.3) is 10.9 Å². The van der Waals surface area contributed by atoms with Crippen LogP contribution in [0.4, 0.5) is 11.8 Å². The number of morpholine rings is 1. The lowest BCUT2D eigenvalue weighted by atomic mass is 10.0. The van der Waals surface area contributed by atoms with E-state index < -0.39 is 0 Å². The Kier molecular flexibility index (Phi) is 8.25. The molecule has 2 fully saturated rings. The monoisotopic (exact) mass is 539 g/mol. The summed E-state index contributed by atoms with van der Waals surface area (Å²) >= 11 is 0. The molecular weight excluding hydrogens is 502 g/mol. The molecule has 3 heterocycles. The number of methoxy groups -OCH3 is 1. The highest BCUT2D eigenvalue weighted by atomic mass is 16.5. The highest BCUT2D eigenvalue weighted by Gasteiger charge is 2.23. The van der Waals surface area contributed by atoms with Crippen molar-refractivity contribution in [3.8, 4) is 11.5 Å². The van der Waals surface area contributed by atoms with Crippen LogP contribution in [0.5, 0.6) is 11.5 Å². The largest absolute Gasteiger partial charge is 0.493 e. The number of benzene rings is 3. The first-order valence-corrected chi connectivity index (χ1v) is 14.2. The Morgan fingerprint density at radius 3 is 2.25 bits per heavy atom. The zero-order chi connectivity index (χ0) is 27.1. The average molecular weight is 540 g/mol. The van der Waals surface area contributed by atoms with E-state index in [1.165, 1.54) is 5.56 Å². The zero-order valence-electron chi connectivity index (χ0n) is 23.1. The molecule has 8 nitrogen and oxygen atoms in total. The van der Waals surface area contributed by atoms with Crippen LogP contribution in [-0.2, 0) is 17.9 Å². The number of rotatable bonds is 9. The molecule has 0 spiro atoms. The molecule has 1 N–H and O–H groups in total. The lowest BCUT2D eigenvalue weighted by Gasteiger charge is -2.33. The topological polar surface area (TPSA) is 72.0 Å². The Morgan fingerprint density at radius 2 is 1.55 bits per heavy atom. The van der Waals surface area contributed by atoms with Gasteiger partial charge in [-0.05, 0) is 30.0 Å². The molecule has 208 valence electrons. The molecule has 3 aromatic carbocycles. The summed E-state index contributed by atoms with van der Waals surface area (Å²) < 4.78 is 17.6. The van der Waals surface area contributed by atoms with Gasteiger partial charge in [-0.3, -0.25) is 4.90 Å². The summed E-state index contributed by atoms with van der Waals surface area (Å²) in [6.45, 7) is 6.45. The molecule has 2 aliphatic rings. The van der Waals surface area contributed by atoms with Gasteiger partial charge in [0.15, 0.2) is 11.5 Å². The standard InChI is InChI=1S/C32H37N5O3/c1-38-29-20-27-28(21-30(29)40-23-25-10-6-3-7-11-25)34-32(37-16-18-39-19-17-37)35-31(27)33-26-12-14-36(15-13-26)22-24-8-4-2-5-9-24/h2-11,20-21,26H,12-19,22-23H2,1H3,(H,33,34,35). The predicted molar refractivity (Wildman–Crippen MR) is 158 cm³/mol. The van der Waals surface area contributed by atoms with Gasteiger partial charge in [-0.15, -0.1) is 0 Å². The van der Waals surface area contributed by atoms with Crippen LogP contribution in [-0.4, -0.2) is 67.4 Å². The molecule has 0 bridgehead atoms. The number of nitrogens with zero attached hydrogens (tertiary/aromatic N) is 4. The quantitative estimate of drug-likeness (QED) is 0.314. The van der Waals surface area contributed by atoms with Gasteiger partial charge in [-0.2, -0.15) is 4.98 Å². The van der Waals surface area contributed by atoms with Crippen molar-refractivity contribution in [1.29, 1.82) is 0 Å². The van der Waals surface area contributed by atoms with E-state index in [0.29, 0.717) is 37.4 Å². The minimum atomic E-state index is 0.336. The third-order valence-electron chi connectivity index (χ3n) is 7.68. The first-order valence-electron chi connectivity index (χ1n) is 14.2. The van der Waals surface area contributed by atoms with Crippen LogP contribution in [0.3, 0.4) is 0 Å². The maximum Gasteiger partial charge on any atom is 0.228 e. The van der Waals surface area contributed by atoms with Crippen molar-refractivity contribution in [2.75, 3.05) is 56.7 Å². The smallest absolute Gasteiger partial charge is 0.228 e. The minimum Gasteiger partial charge on any atom is -0.493 e. The summed E-state index contributed by atoms with van der Waals surface area (Å²) in [4.78, 5) is 14.8. The Hall–Kier alpha value is -3.88. The molecule has 0 atom stereocenters. The van der Waals surface area contributed by atoms with E-state index in [-0.39, 0.29) is 0 Å². The number of aromatic nitrogens is 2. The van der Waals surface area contributed by atoms with E-state index in [2.05, 4.69) is 57.6 Å². The predicted octanol–water partition coefficient (Wildman–Crippen LogP) is 5.13. The summed E-state index contributed by atoms with van der Waals surface area (Å²) in [5.74, 6) is 2.91. The van der Waals surface area contributed by atoms with Crippen LogP contribution in [0, 0.1) is 0 Å². The number of nitrogens with one attached hydrogen (secondary N) is 1. The van der Waals surface area contributed by atoms with Crippen LogP contribution in [0.2, 0.25) is 0 Å². The van der Waals surface area contributed by atoms with Crippen molar-refractivity contribution in [2.24, 2.45) is 0 Å². The third kappa shape index (κ3) is 6.29. The molecule has 0 unspecified atom stereocenters. The molecule has 8 heteroatoms. The molecule has 1 aromatic heterocycles. The van der Waals surface area contributed by atoms with Crippen molar-refractivity contribution in [3.63, 3.8) is 0 Å². The molecule has 4 aromatic rings. The highest BCUT2D eigenvalue weighted by Crippen LogP contribution is 2.36. The Bertz CT molecular complexity index is 1390. The molecule has 6 rings (SSSR count). The highest BCUT2D eigenvalue weighted by molar-refractivity contribution is 5.93. The van der Waals surface area contributed by atoms with Gasteiger partial charge in [-0.25, -0.2) is 4.98 Å². The van der Waals surface area contributed by atoms with Gasteiger partial charge in [0, 0.05) is 50.2 Å². The maximum atomic E-state index is 6.21. The van der Waals surface area contributed by atoms with Gasteiger partial charge in [0.25, 0.3) is 0 Å². The van der Waals surface area contributed by atoms with Crippen molar-refractivity contribution in [2.45, 2.75) is 32.0 Å². The van der Waals surface area contributed by atoms with E-state index in [0.717, 1.165) is 73.8 Å².